The average Bonchev–Trinajstić information content (AvgIpc) is 2.59. The Kier molecular flexibility index (Phi) is 7.35. The lowest BCUT2D eigenvalue weighted by Crippen LogP contribution is -2.29. The van der Waals surface area contributed by atoms with E-state index in [9.17, 15) is 9.59 Å². The van der Waals surface area contributed by atoms with Gasteiger partial charge in [-0.25, -0.2) is 4.79 Å². The molecule has 2 aromatic carbocycles. The summed E-state index contributed by atoms with van der Waals surface area (Å²) in [6.07, 6.45) is 1.66. The fourth-order valence-electron chi connectivity index (χ4n) is 1.87. The molecule has 0 saturated heterocycles. The third-order valence-electron chi connectivity index (χ3n) is 3.20. The molecule has 0 aliphatic carbocycles. The monoisotopic (exact) mass is 431 g/mol. The number of anilines is 1. The number of hydrogen-bond acceptors (Lipinski definition) is 3. The second kappa shape index (κ2) is 9.28. The van der Waals surface area contributed by atoms with Crippen molar-refractivity contribution in [2.24, 2.45) is 0 Å². The van der Waals surface area contributed by atoms with Crippen LogP contribution in [0.3, 0.4) is 0 Å². The number of ether oxygens (including phenoxy) is 1. The van der Waals surface area contributed by atoms with Crippen LogP contribution >= 0.6 is 46.4 Å². The van der Waals surface area contributed by atoms with Gasteiger partial charge in [0.25, 0.3) is 5.91 Å². The van der Waals surface area contributed by atoms with Crippen LogP contribution in [0, 0.1) is 0 Å². The van der Waals surface area contributed by atoms with Crippen molar-refractivity contribution in [2.45, 2.75) is 13.0 Å². The third-order valence-corrected chi connectivity index (χ3v) is 4.51. The molecule has 0 aliphatic heterocycles. The maximum Gasteiger partial charge on any atom is 0.331 e. The molecule has 0 radical (unpaired) electrons. The molecule has 0 heterocycles. The highest BCUT2D eigenvalue weighted by Gasteiger charge is 2.18. The Morgan fingerprint density at radius 3 is 2.38 bits per heavy atom. The molecule has 0 aromatic heterocycles. The van der Waals surface area contributed by atoms with Gasteiger partial charge in [0.15, 0.2) is 6.10 Å². The van der Waals surface area contributed by atoms with E-state index in [2.05, 4.69) is 5.32 Å². The fraction of sp³-hybridized carbons (Fsp3) is 0.111. The molecule has 2 rings (SSSR count). The molecule has 2 aromatic rings. The number of rotatable bonds is 5. The van der Waals surface area contributed by atoms with Crippen molar-refractivity contribution >= 4 is 70.0 Å². The van der Waals surface area contributed by atoms with E-state index in [0.717, 1.165) is 0 Å². The molecular formula is C18H13Cl4NO3. The fourth-order valence-corrected chi connectivity index (χ4v) is 2.52. The van der Waals surface area contributed by atoms with Crippen LogP contribution in [-0.2, 0) is 14.3 Å². The van der Waals surface area contributed by atoms with Gasteiger partial charge in [0, 0.05) is 11.1 Å². The van der Waals surface area contributed by atoms with Crippen molar-refractivity contribution in [2.75, 3.05) is 5.32 Å². The molecule has 136 valence electrons. The molecule has 1 amide bonds. The van der Waals surface area contributed by atoms with E-state index in [1.54, 1.807) is 30.3 Å². The first-order valence-corrected chi connectivity index (χ1v) is 8.87. The van der Waals surface area contributed by atoms with Crippen LogP contribution in [0.15, 0.2) is 42.5 Å². The number of esters is 1. The molecule has 0 spiro atoms. The first-order chi connectivity index (χ1) is 12.3. The number of amides is 1. The molecule has 4 nitrogen and oxygen atoms in total. The Morgan fingerprint density at radius 1 is 1.00 bits per heavy atom. The molecule has 0 aliphatic rings. The largest absolute Gasteiger partial charge is 0.449 e. The van der Waals surface area contributed by atoms with Crippen LogP contribution in [0.25, 0.3) is 6.08 Å². The van der Waals surface area contributed by atoms with E-state index in [0.29, 0.717) is 31.3 Å². The second-order valence-electron chi connectivity index (χ2n) is 5.20. The smallest absolute Gasteiger partial charge is 0.331 e. The van der Waals surface area contributed by atoms with Gasteiger partial charge in [-0.05, 0) is 48.9 Å². The van der Waals surface area contributed by atoms with Crippen molar-refractivity contribution in [3.8, 4) is 0 Å². The number of halogens is 4. The minimum Gasteiger partial charge on any atom is -0.449 e. The molecule has 0 fully saturated rings. The predicted octanol–water partition coefficient (Wildman–Crippen LogP) is 5.88. The topological polar surface area (TPSA) is 55.4 Å². The van der Waals surface area contributed by atoms with Crippen molar-refractivity contribution in [1.82, 2.24) is 0 Å². The molecule has 0 saturated carbocycles. The van der Waals surface area contributed by atoms with Crippen LogP contribution < -0.4 is 5.32 Å². The van der Waals surface area contributed by atoms with Gasteiger partial charge in [-0.2, -0.15) is 0 Å². The average molecular weight is 433 g/mol. The van der Waals surface area contributed by atoms with Gasteiger partial charge in [-0.15, -0.1) is 0 Å². The quantitative estimate of drug-likeness (QED) is 0.473. The first kappa shape index (κ1) is 20.6. The van der Waals surface area contributed by atoms with Crippen LogP contribution in [0.1, 0.15) is 12.5 Å². The van der Waals surface area contributed by atoms with Crippen molar-refractivity contribution in [3.63, 3.8) is 0 Å². The highest BCUT2D eigenvalue weighted by molar-refractivity contribution is 6.42. The van der Waals surface area contributed by atoms with Crippen LogP contribution in [0.5, 0.6) is 0 Å². The predicted molar refractivity (Wildman–Crippen MR) is 106 cm³/mol. The number of nitrogens with one attached hydrogen (secondary N) is 1. The van der Waals surface area contributed by atoms with Crippen molar-refractivity contribution in [1.29, 1.82) is 0 Å². The summed E-state index contributed by atoms with van der Waals surface area (Å²) in [7, 11) is 0. The zero-order chi connectivity index (χ0) is 19.3. The van der Waals surface area contributed by atoms with Gasteiger partial charge >= 0.3 is 5.97 Å². The zero-order valence-corrected chi connectivity index (χ0v) is 16.5. The van der Waals surface area contributed by atoms with Crippen LogP contribution in [-0.4, -0.2) is 18.0 Å². The molecule has 0 bridgehead atoms. The molecule has 8 heteroatoms. The van der Waals surface area contributed by atoms with E-state index < -0.39 is 18.0 Å². The summed E-state index contributed by atoms with van der Waals surface area (Å²) >= 11 is 23.6. The van der Waals surface area contributed by atoms with Gasteiger partial charge in [0.1, 0.15) is 0 Å². The summed E-state index contributed by atoms with van der Waals surface area (Å²) in [6.45, 7) is 1.44. The van der Waals surface area contributed by atoms with E-state index >= 15 is 0 Å². The summed E-state index contributed by atoms with van der Waals surface area (Å²) in [6, 6.07) is 9.55. The molecule has 1 N–H and O–H groups in total. The Labute approximate surface area is 170 Å². The molecule has 1 unspecified atom stereocenters. The minimum atomic E-state index is -1.03. The van der Waals surface area contributed by atoms with E-state index in [-0.39, 0.29) is 0 Å². The maximum atomic E-state index is 12.1. The first-order valence-electron chi connectivity index (χ1n) is 7.36. The lowest BCUT2D eigenvalue weighted by atomic mass is 10.2. The van der Waals surface area contributed by atoms with E-state index in [4.69, 9.17) is 51.1 Å². The van der Waals surface area contributed by atoms with Crippen molar-refractivity contribution < 1.29 is 14.3 Å². The summed E-state index contributed by atoms with van der Waals surface area (Å²) in [5.74, 6) is -1.22. The lowest BCUT2D eigenvalue weighted by molar-refractivity contribution is -0.148. The van der Waals surface area contributed by atoms with E-state index in [1.165, 1.54) is 25.1 Å². The zero-order valence-electron chi connectivity index (χ0n) is 13.4. The highest BCUT2D eigenvalue weighted by atomic mass is 35.5. The number of benzene rings is 2. The third kappa shape index (κ3) is 5.92. The van der Waals surface area contributed by atoms with E-state index in [1.807, 2.05) is 0 Å². The number of carbonyl (C=O) groups excluding carboxylic acids is 2. The Morgan fingerprint density at radius 2 is 1.69 bits per heavy atom. The van der Waals surface area contributed by atoms with Crippen molar-refractivity contribution in [3.05, 3.63) is 68.1 Å². The Bertz CT molecular complexity index is 868. The second-order valence-corrected chi connectivity index (χ2v) is 6.86. The standard InChI is InChI=1S/C18H13Cl4NO3/c1-10(18(25)23-16-9-12(19)4-6-14(16)21)26-17(24)7-3-11-2-5-13(20)15(22)8-11/h2-10H,1H3,(H,23,25)/b7-3+. The molecular weight excluding hydrogens is 420 g/mol. The summed E-state index contributed by atoms with van der Waals surface area (Å²) in [4.78, 5) is 24.0. The number of hydrogen-bond donors (Lipinski definition) is 1. The van der Waals surface area contributed by atoms with Crippen LogP contribution in [0.2, 0.25) is 20.1 Å². The van der Waals surface area contributed by atoms with Gasteiger partial charge in [-0.1, -0.05) is 52.5 Å². The lowest BCUT2D eigenvalue weighted by Gasteiger charge is -2.13. The summed E-state index contributed by atoms with van der Waals surface area (Å²) in [5, 5.41) is 4.07. The Balaban J connectivity index is 1.95. The summed E-state index contributed by atoms with van der Waals surface area (Å²) < 4.78 is 5.06. The highest BCUT2D eigenvalue weighted by Crippen LogP contribution is 2.26. The van der Waals surface area contributed by atoms with Gasteiger partial charge in [0.2, 0.25) is 0 Å². The maximum absolute atomic E-state index is 12.1. The summed E-state index contributed by atoms with van der Waals surface area (Å²) in [5.41, 5.74) is 0.998. The molecule has 26 heavy (non-hydrogen) atoms. The SMILES string of the molecule is CC(OC(=O)/C=C/c1ccc(Cl)c(Cl)c1)C(=O)Nc1cc(Cl)ccc1Cl. The number of carbonyl (C=O) groups is 2. The Hall–Kier alpha value is -1.72. The van der Waals surface area contributed by atoms with Gasteiger partial charge in [0.05, 0.1) is 20.8 Å². The van der Waals surface area contributed by atoms with Crippen LogP contribution in [0.4, 0.5) is 5.69 Å². The minimum absolute atomic E-state index is 0.320. The molecule has 1 atom stereocenters. The van der Waals surface area contributed by atoms with Gasteiger partial charge in [-0.3, -0.25) is 4.79 Å². The van der Waals surface area contributed by atoms with Gasteiger partial charge < -0.3 is 10.1 Å². The normalized spacial score (nSPS) is 12.0.